The van der Waals surface area contributed by atoms with E-state index in [0.717, 1.165) is 6.42 Å². The summed E-state index contributed by atoms with van der Waals surface area (Å²) in [5, 5.41) is 2.76. The Morgan fingerprint density at radius 2 is 1.58 bits per heavy atom. The van der Waals surface area contributed by atoms with E-state index in [1.54, 1.807) is 0 Å². The van der Waals surface area contributed by atoms with Crippen LogP contribution in [0.3, 0.4) is 0 Å². The van der Waals surface area contributed by atoms with Crippen molar-refractivity contribution < 1.29 is 18.9 Å². The van der Waals surface area contributed by atoms with Crippen molar-refractivity contribution in [2.75, 3.05) is 0 Å². The number of benzene rings is 2. The van der Waals surface area contributed by atoms with Crippen LogP contribution in [0, 0.1) is 0 Å². The molecule has 0 saturated heterocycles. The Bertz CT molecular complexity index is 637. The summed E-state index contributed by atoms with van der Waals surface area (Å²) in [6.45, 7) is 2.30. The Balaban J connectivity index is 0.00000133. The van der Waals surface area contributed by atoms with Crippen molar-refractivity contribution in [3.8, 4) is 0 Å². The van der Waals surface area contributed by atoms with Crippen LogP contribution >= 0.6 is 0 Å². The molecule has 3 rings (SSSR count). The van der Waals surface area contributed by atoms with Crippen molar-refractivity contribution in [2.45, 2.75) is 19.3 Å². The van der Waals surface area contributed by atoms with Gasteiger partial charge in [-0.05, 0) is 11.5 Å². The van der Waals surface area contributed by atoms with Gasteiger partial charge >= 0.3 is 18.9 Å². The van der Waals surface area contributed by atoms with Crippen molar-refractivity contribution in [3.05, 3.63) is 77.9 Å². The van der Waals surface area contributed by atoms with Gasteiger partial charge in [0.2, 0.25) is 0 Å². The van der Waals surface area contributed by atoms with Crippen LogP contribution in [0.5, 0.6) is 0 Å². The summed E-state index contributed by atoms with van der Waals surface area (Å²) in [6.07, 6.45) is 1.11. The van der Waals surface area contributed by atoms with Gasteiger partial charge in [-0.3, -0.25) is 0 Å². The molecular weight excluding hydrogens is 223 g/mol. The van der Waals surface area contributed by atoms with Crippen LogP contribution in [0.2, 0.25) is 0 Å². The molecule has 0 aliphatic rings. The average molecular weight is 240 g/mol. The molecule has 0 spiro atoms. The molecule has 0 aliphatic heterocycles. The normalized spacial score (nSPS) is 12.1. The number of rotatable bonds is 3. The van der Waals surface area contributed by atoms with Gasteiger partial charge in [0.15, 0.2) is 0 Å². The zero-order valence-electron chi connectivity index (χ0n) is 11.6. The number of fused-ring (bicyclic) bond motifs is 1. The van der Waals surface area contributed by atoms with Gasteiger partial charge in [0.1, 0.15) is 0 Å². The van der Waals surface area contributed by atoms with E-state index in [-0.39, 0.29) is 18.9 Å². The minimum atomic E-state index is 0. The molecule has 3 aromatic carbocycles. The summed E-state index contributed by atoms with van der Waals surface area (Å²) in [7, 11) is 0. The fraction of sp³-hybridized carbons (Fsp3) is 0.167. The molecule has 1 unspecified atom stereocenters. The maximum Gasteiger partial charge on any atom is 1.00 e. The van der Waals surface area contributed by atoms with E-state index in [1.165, 1.54) is 21.9 Å². The molecule has 0 aliphatic carbocycles. The van der Waals surface area contributed by atoms with E-state index in [4.69, 9.17) is 0 Å². The van der Waals surface area contributed by atoms with Crippen LogP contribution in [-0.4, -0.2) is 0 Å². The zero-order chi connectivity index (χ0) is 12.4. The van der Waals surface area contributed by atoms with Gasteiger partial charge in [0.05, 0.1) is 0 Å². The molecule has 0 bridgehead atoms. The third-order valence-corrected chi connectivity index (χ3v) is 3.67. The second-order valence-electron chi connectivity index (χ2n) is 4.96. The first kappa shape index (κ1) is 14.1. The monoisotopic (exact) mass is 240 g/mol. The van der Waals surface area contributed by atoms with Crippen molar-refractivity contribution >= 4 is 10.8 Å². The van der Waals surface area contributed by atoms with Crippen LogP contribution in [0.1, 0.15) is 24.0 Å². The largest absolute Gasteiger partial charge is 1.00 e. The van der Waals surface area contributed by atoms with E-state index in [2.05, 4.69) is 73.7 Å². The Morgan fingerprint density at radius 1 is 0.895 bits per heavy atom. The molecule has 0 saturated carbocycles. The molecule has 3 aromatic rings. The molecule has 1 atom stereocenters. The summed E-state index contributed by atoms with van der Waals surface area (Å²) in [6, 6.07) is 23.9. The van der Waals surface area contributed by atoms with E-state index in [0.29, 0.717) is 5.92 Å². The molecule has 90 valence electrons. The third kappa shape index (κ3) is 2.98. The van der Waals surface area contributed by atoms with E-state index in [9.17, 15) is 0 Å². The molecule has 0 radical (unpaired) electrons. The van der Waals surface area contributed by atoms with E-state index >= 15 is 0 Å². The minimum Gasteiger partial charge on any atom is -0.168 e. The summed E-state index contributed by atoms with van der Waals surface area (Å²) in [5.41, 5.74) is 2.88. The van der Waals surface area contributed by atoms with Gasteiger partial charge < -0.3 is 0 Å². The Morgan fingerprint density at radius 3 is 2.37 bits per heavy atom. The molecule has 0 amide bonds. The fourth-order valence-electron chi connectivity index (χ4n) is 2.62. The quantitative estimate of drug-likeness (QED) is 0.484. The smallest absolute Gasteiger partial charge is 0.168 e. The van der Waals surface area contributed by atoms with Crippen molar-refractivity contribution in [1.82, 2.24) is 0 Å². The van der Waals surface area contributed by atoms with Gasteiger partial charge in [-0.1, -0.05) is 49.7 Å². The molecule has 0 fully saturated rings. The molecule has 19 heavy (non-hydrogen) atoms. The van der Waals surface area contributed by atoms with Gasteiger partial charge in [-0.15, -0.1) is 40.6 Å². The van der Waals surface area contributed by atoms with Gasteiger partial charge in [0.25, 0.3) is 0 Å². The predicted octanol–water partition coefficient (Wildman–Crippen LogP) is 1.91. The second kappa shape index (κ2) is 6.20. The van der Waals surface area contributed by atoms with Crippen LogP contribution in [0.15, 0.2) is 66.7 Å². The maximum atomic E-state index is 2.30. The van der Waals surface area contributed by atoms with Crippen molar-refractivity contribution in [1.29, 1.82) is 0 Å². The van der Waals surface area contributed by atoms with Crippen molar-refractivity contribution in [3.63, 3.8) is 0 Å². The molecule has 0 nitrogen and oxygen atoms in total. The summed E-state index contributed by atoms with van der Waals surface area (Å²) in [4.78, 5) is 0. The summed E-state index contributed by atoms with van der Waals surface area (Å²) in [5.74, 6) is 0.567. The van der Waals surface area contributed by atoms with Crippen LogP contribution in [0.25, 0.3) is 10.8 Å². The SMILES string of the molecule is CC(C[c-]1ccc2ccccc21)c1ccccc1.[Li+]. The Hall–Kier alpha value is -1.35. The minimum absolute atomic E-state index is 0. The first-order valence-electron chi connectivity index (χ1n) is 6.53. The van der Waals surface area contributed by atoms with Crippen LogP contribution in [0.4, 0.5) is 0 Å². The standard InChI is InChI=1S/C18H17.Li/c1-14(15-7-3-2-4-8-15)13-17-12-11-16-9-5-6-10-18(16)17;/h2-12,14H,13H2,1H3;/q-1;+1. The van der Waals surface area contributed by atoms with Crippen LogP contribution < -0.4 is 18.9 Å². The van der Waals surface area contributed by atoms with Gasteiger partial charge in [0, 0.05) is 0 Å². The molecule has 1 heteroatoms. The van der Waals surface area contributed by atoms with Crippen molar-refractivity contribution in [2.24, 2.45) is 0 Å². The van der Waals surface area contributed by atoms with E-state index in [1.807, 2.05) is 0 Å². The Labute approximate surface area is 127 Å². The van der Waals surface area contributed by atoms with Crippen LogP contribution in [-0.2, 0) is 6.42 Å². The average Bonchev–Trinajstić information content (AvgIpc) is 2.83. The topological polar surface area (TPSA) is 0 Å². The fourth-order valence-corrected chi connectivity index (χ4v) is 2.62. The first-order chi connectivity index (χ1) is 8.84. The van der Waals surface area contributed by atoms with E-state index < -0.39 is 0 Å². The second-order valence-corrected chi connectivity index (χ2v) is 4.96. The molecule has 0 N–H and O–H groups in total. The third-order valence-electron chi connectivity index (χ3n) is 3.67. The summed E-state index contributed by atoms with van der Waals surface area (Å²) >= 11 is 0. The molecule has 0 aromatic heterocycles. The Kier molecular flexibility index (Phi) is 4.59. The number of hydrogen-bond donors (Lipinski definition) is 0. The van der Waals surface area contributed by atoms with Gasteiger partial charge in [-0.2, -0.15) is 6.07 Å². The van der Waals surface area contributed by atoms with Gasteiger partial charge in [-0.25, -0.2) is 0 Å². The zero-order valence-corrected chi connectivity index (χ0v) is 11.6. The first-order valence-corrected chi connectivity index (χ1v) is 6.53. The number of hydrogen-bond acceptors (Lipinski definition) is 0. The maximum absolute atomic E-state index is 2.30. The molecular formula is C18H17Li. The predicted molar refractivity (Wildman–Crippen MR) is 78.1 cm³/mol. The summed E-state index contributed by atoms with van der Waals surface area (Å²) < 4.78 is 0. The molecule has 0 heterocycles.